The van der Waals surface area contributed by atoms with Crippen LogP contribution in [-0.2, 0) is 4.79 Å². The van der Waals surface area contributed by atoms with Crippen molar-refractivity contribution < 1.29 is 9.53 Å². The summed E-state index contributed by atoms with van der Waals surface area (Å²) in [5.41, 5.74) is -0.346. The molecule has 1 amide bonds. The molecule has 1 heterocycles. The van der Waals surface area contributed by atoms with Crippen LogP contribution in [0, 0.1) is 0 Å². The maximum Gasteiger partial charge on any atom is 0.242 e. The summed E-state index contributed by atoms with van der Waals surface area (Å²) in [6, 6.07) is 9.69. The molecule has 1 unspecified atom stereocenters. The Kier molecular flexibility index (Phi) is 6.99. The summed E-state index contributed by atoms with van der Waals surface area (Å²) in [7, 11) is 1.86. The van der Waals surface area contributed by atoms with Crippen LogP contribution in [0.5, 0.6) is 5.75 Å². The minimum Gasteiger partial charge on any atom is -0.492 e. The van der Waals surface area contributed by atoms with Gasteiger partial charge in [-0.15, -0.1) is 12.4 Å². The second-order valence-corrected chi connectivity index (χ2v) is 5.35. The first-order chi connectivity index (χ1) is 9.68. The molecule has 21 heavy (non-hydrogen) atoms. The zero-order chi connectivity index (χ0) is 14.4. The number of ether oxygens (including phenoxy) is 1. The summed E-state index contributed by atoms with van der Waals surface area (Å²) in [6.07, 6.45) is 2.86. The van der Waals surface area contributed by atoms with E-state index in [9.17, 15) is 4.79 Å². The van der Waals surface area contributed by atoms with Crippen molar-refractivity contribution in [1.82, 2.24) is 10.2 Å². The SMILES string of the molecule is CCC1(C(=O)N(C)CCOc2ccccc2)CCCN1.Cl. The fourth-order valence-electron chi connectivity index (χ4n) is 2.73. The molecule has 0 spiro atoms. The van der Waals surface area contributed by atoms with E-state index in [2.05, 4.69) is 12.2 Å². The fraction of sp³-hybridized carbons (Fsp3) is 0.562. The van der Waals surface area contributed by atoms with Crippen LogP contribution in [0.4, 0.5) is 0 Å². The second-order valence-electron chi connectivity index (χ2n) is 5.35. The lowest BCUT2D eigenvalue weighted by Crippen LogP contribution is -2.54. The van der Waals surface area contributed by atoms with E-state index in [-0.39, 0.29) is 23.9 Å². The first-order valence-electron chi connectivity index (χ1n) is 7.36. The van der Waals surface area contributed by atoms with E-state index in [0.29, 0.717) is 13.2 Å². The minimum atomic E-state index is -0.346. The molecular formula is C16H25ClN2O2. The lowest BCUT2D eigenvalue weighted by Gasteiger charge is -2.31. The number of nitrogens with zero attached hydrogens (tertiary/aromatic N) is 1. The molecule has 118 valence electrons. The van der Waals surface area contributed by atoms with Crippen molar-refractivity contribution in [2.45, 2.75) is 31.7 Å². The highest BCUT2D eigenvalue weighted by Gasteiger charge is 2.40. The van der Waals surface area contributed by atoms with E-state index < -0.39 is 0 Å². The Balaban J connectivity index is 0.00000220. The van der Waals surface area contributed by atoms with E-state index in [1.54, 1.807) is 4.90 Å². The molecule has 1 aliphatic rings. The molecule has 2 rings (SSSR count). The summed E-state index contributed by atoms with van der Waals surface area (Å²) < 4.78 is 5.64. The molecule has 0 aromatic heterocycles. The Labute approximate surface area is 133 Å². The van der Waals surface area contributed by atoms with Gasteiger partial charge >= 0.3 is 0 Å². The van der Waals surface area contributed by atoms with Crippen molar-refractivity contribution >= 4 is 18.3 Å². The van der Waals surface area contributed by atoms with Crippen molar-refractivity contribution in [2.24, 2.45) is 0 Å². The highest BCUT2D eigenvalue weighted by Crippen LogP contribution is 2.25. The van der Waals surface area contributed by atoms with Gasteiger partial charge in [-0.1, -0.05) is 25.1 Å². The molecular weight excluding hydrogens is 288 g/mol. The average Bonchev–Trinajstić information content (AvgIpc) is 2.97. The third-order valence-corrected chi connectivity index (χ3v) is 4.04. The zero-order valence-corrected chi connectivity index (χ0v) is 13.6. The Morgan fingerprint density at radius 3 is 2.67 bits per heavy atom. The number of nitrogens with one attached hydrogen (secondary N) is 1. The number of para-hydroxylation sites is 1. The molecule has 5 heteroatoms. The molecule has 4 nitrogen and oxygen atoms in total. The Morgan fingerprint density at radius 1 is 1.38 bits per heavy atom. The molecule has 1 aliphatic heterocycles. The van der Waals surface area contributed by atoms with Gasteiger partial charge in [0.05, 0.1) is 12.1 Å². The van der Waals surface area contributed by atoms with E-state index in [0.717, 1.165) is 31.6 Å². The molecule has 1 aromatic rings. The Bertz CT molecular complexity index is 433. The summed E-state index contributed by atoms with van der Waals surface area (Å²) in [4.78, 5) is 14.3. The van der Waals surface area contributed by atoms with Crippen LogP contribution in [0.15, 0.2) is 30.3 Å². The fourth-order valence-corrected chi connectivity index (χ4v) is 2.73. The van der Waals surface area contributed by atoms with Gasteiger partial charge in [0, 0.05) is 7.05 Å². The van der Waals surface area contributed by atoms with Gasteiger partial charge in [0.25, 0.3) is 0 Å². The number of carbonyl (C=O) groups excluding carboxylic acids is 1. The molecule has 1 saturated heterocycles. The quantitative estimate of drug-likeness (QED) is 0.877. The molecule has 1 aromatic carbocycles. The van der Waals surface area contributed by atoms with Crippen molar-refractivity contribution in [3.63, 3.8) is 0 Å². The first kappa shape index (κ1) is 17.8. The predicted octanol–water partition coefficient (Wildman–Crippen LogP) is 2.48. The van der Waals surface area contributed by atoms with Gasteiger partial charge in [0.1, 0.15) is 12.4 Å². The summed E-state index contributed by atoms with van der Waals surface area (Å²) in [6.45, 7) is 4.14. The lowest BCUT2D eigenvalue weighted by molar-refractivity contribution is -0.137. The van der Waals surface area contributed by atoms with Crippen LogP contribution < -0.4 is 10.1 Å². The predicted molar refractivity (Wildman–Crippen MR) is 87.1 cm³/mol. The van der Waals surface area contributed by atoms with Gasteiger partial charge in [0.15, 0.2) is 0 Å². The maximum absolute atomic E-state index is 12.5. The van der Waals surface area contributed by atoms with Crippen molar-refractivity contribution in [2.75, 3.05) is 26.7 Å². The topological polar surface area (TPSA) is 41.6 Å². The van der Waals surface area contributed by atoms with Gasteiger partial charge in [-0.2, -0.15) is 0 Å². The number of hydrogen-bond donors (Lipinski definition) is 1. The van der Waals surface area contributed by atoms with Gasteiger partial charge in [-0.3, -0.25) is 4.79 Å². The lowest BCUT2D eigenvalue weighted by atomic mass is 9.92. The highest BCUT2D eigenvalue weighted by molar-refractivity contribution is 5.86. The average molecular weight is 313 g/mol. The second kappa shape index (κ2) is 8.25. The minimum absolute atomic E-state index is 0. The highest BCUT2D eigenvalue weighted by atomic mass is 35.5. The van der Waals surface area contributed by atoms with E-state index >= 15 is 0 Å². The monoisotopic (exact) mass is 312 g/mol. The molecule has 1 N–H and O–H groups in total. The van der Waals surface area contributed by atoms with Crippen LogP contribution in [0.1, 0.15) is 26.2 Å². The van der Waals surface area contributed by atoms with Crippen LogP contribution in [-0.4, -0.2) is 43.1 Å². The molecule has 0 bridgehead atoms. The van der Waals surface area contributed by atoms with Crippen LogP contribution in [0.2, 0.25) is 0 Å². The van der Waals surface area contributed by atoms with Gasteiger partial charge in [0.2, 0.25) is 5.91 Å². The third-order valence-electron chi connectivity index (χ3n) is 4.04. The van der Waals surface area contributed by atoms with E-state index in [4.69, 9.17) is 4.74 Å². The normalized spacial score (nSPS) is 20.7. The van der Waals surface area contributed by atoms with Gasteiger partial charge < -0.3 is 15.0 Å². The molecule has 0 aliphatic carbocycles. The third kappa shape index (κ3) is 4.35. The number of hydrogen-bond acceptors (Lipinski definition) is 3. The van der Waals surface area contributed by atoms with Crippen LogP contribution in [0.3, 0.4) is 0 Å². The van der Waals surface area contributed by atoms with Gasteiger partial charge in [-0.05, 0) is 37.9 Å². The number of likely N-dealkylation sites (N-methyl/N-ethyl adjacent to an activating group) is 1. The summed E-state index contributed by atoms with van der Waals surface area (Å²) >= 11 is 0. The standard InChI is InChI=1S/C16H24N2O2.ClH/c1-3-16(10-7-11-17-16)15(19)18(2)12-13-20-14-8-5-4-6-9-14;/h4-6,8-9,17H,3,7,10-13H2,1-2H3;1H. The van der Waals surface area contributed by atoms with Crippen molar-refractivity contribution in [3.05, 3.63) is 30.3 Å². The molecule has 1 atom stereocenters. The Morgan fingerprint density at radius 2 is 2.10 bits per heavy atom. The Hall–Kier alpha value is -1.26. The van der Waals surface area contributed by atoms with E-state index in [1.807, 2.05) is 37.4 Å². The maximum atomic E-state index is 12.5. The number of rotatable bonds is 6. The number of carbonyl (C=O) groups is 1. The molecule has 0 radical (unpaired) electrons. The van der Waals surface area contributed by atoms with Crippen LogP contribution in [0.25, 0.3) is 0 Å². The first-order valence-corrected chi connectivity index (χ1v) is 7.36. The number of halogens is 1. The summed E-state index contributed by atoms with van der Waals surface area (Å²) in [5.74, 6) is 1.03. The number of amides is 1. The van der Waals surface area contributed by atoms with Gasteiger partial charge in [-0.25, -0.2) is 0 Å². The smallest absolute Gasteiger partial charge is 0.242 e. The summed E-state index contributed by atoms with van der Waals surface area (Å²) in [5, 5.41) is 3.38. The zero-order valence-electron chi connectivity index (χ0n) is 12.8. The largest absolute Gasteiger partial charge is 0.492 e. The van der Waals surface area contributed by atoms with E-state index in [1.165, 1.54) is 0 Å². The molecule has 0 saturated carbocycles. The van der Waals surface area contributed by atoms with Crippen molar-refractivity contribution in [1.29, 1.82) is 0 Å². The number of benzene rings is 1. The molecule has 1 fully saturated rings. The van der Waals surface area contributed by atoms with Crippen LogP contribution >= 0.6 is 12.4 Å². The van der Waals surface area contributed by atoms with Crippen molar-refractivity contribution in [3.8, 4) is 5.75 Å².